The van der Waals surface area contributed by atoms with Crippen molar-refractivity contribution in [3.8, 4) is 11.4 Å². The van der Waals surface area contributed by atoms with E-state index in [1.54, 1.807) is 30.1 Å². The summed E-state index contributed by atoms with van der Waals surface area (Å²) >= 11 is 12.1. The lowest BCUT2D eigenvalue weighted by Gasteiger charge is -2.09. The highest BCUT2D eigenvalue weighted by Crippen LogP contribution is 2.25. The first-order valence-corrected chi connectivity index (χ1v) is 9.49. The number of nitrogens with zero attached hydrogens (tertiary/aromatic N) is 3. The first-order chi connectivity index (χ1) is 13.9. The third-order valence-corrected chi connectivity index (χ3v) is 5.02. The molecule has 0 fully saturated rings. The normalized spacial score (nSPS) is 10.9. The van der Waals surface area contributed by atoms with Crippen LogP contribution in [0, 0.1) is 6.92 Å². The summed E-state index contributed by atoms with van der Waals surface area (Å²) in [5, 5.41) is 12.7. The Morgan fingerprint density at radius 3 is 2.38 bits per heavy atom. The average molecular weight is 427 g/mol. The maximum Gasteiger partial charge on any atom is 0.257 e. The number of hydrogen-bond donors (Lipinski definition) is 1. The molecule has 6 nitrogen and oxygen atoms in total. The van der Waals surface area contributed by atoms with Gasteiger partial charge in [0.25, 0.3) is 5.91 Å². The van der Waals surface area contributed by atoms with Gasteiger partial charge in [-0.3, -0.25) is 4.79 Å². The van der Waals surface area contributed by atoms with Crippen LogP contribution in [0.15, 0.2) is 54.6 Å². The third-order valence-electron chi connectivity index (χ3n) is 4.45. The Labute approximate surface area is 177 Å². The van der Waals surface area contributed by atoms with Crippen LogP contribution in [0.25, 0.3) is 16.7 Å². The number of aryl methyl sites for hydroxylation is 1. The van der Waals surface area contributed by atoms with Crippen LogP contribution in [-0.2, 0) is 0 Å². The van der Waals surface area contributed by atoms with Gasteiger partial charge in [0.2, 0.25) is 0 Å². The number of anilines is 1. The van der Waals surface area contributed by atoms with Crippen molar-refractivity contribution in [3.63, 3.8) is 0 Å². The SMILES string of the molecule is COc1ccc(-n2nc3cc(C)c(NC(=O)c4cc(Cl)ccc4Cl)cc3n2)cc1. The Balaban J connectivity index is 1.66. The molecule has 146 valence electrons. The van der Waals surface area contributed by atoms with E-state index in [0.29, 0.717) is 26.8 Å². The van der Waals surface area contributed by atoms with E-state index in [1.165, 1.54) is 6.07 Å². The molecule has 1 aromatic heterocycles. The maximum absolute atomic E-state index is 12.7. The quantitative estimate of drug-likeness (QED) is 0.480. The van der Waals surface area contributed by atoms with E-state index >= 15 is 0 Å². The van der Waals surface area contributed by atoms with Gasteiger partial charge in [0, 0.05) is 10.7 Å². The number of methoxy groups -OCH3 is 1. The van der Waals surface area contributed by atoms with Crippen molar-refractivity contribution in [2.75, 3.05) is 12.4 Å². The smallest absolute Gasteiger partial charge is 0.257 e. The Morgan fingerprint density at radius 2 is 1.69 bits per heavy atom. The lowest BCUT2D eigenvalue weighted by atomic mass is 10.1. The Kier molecular flexibility index (Phi) is 5.13. The van der Waals surface area contributed by atoms with E-state index in [2.05, 4.69) is 15.5 Å². The molecule has 0 aliphatic heterocycles. The number of hydrogen-bond acceptors (Lipinski definition) is 4. The van der Waals surface area contributed by atoms with E-state index in [0.717, 1.165) is 22.5 Å². The Bertz CT molecular complexity index is 1220. The van der Waals surface area contributed by atoms with Crippen LogP contribution in [-0.4, -0.2) is 28.0 Å². The molecular formula is C21H16Cl2N4O2. The first-order valence-electron chi connectivity index (χ1n) is 8.73. The summed E-state index contributed by atoms with van der Waals surface area (Å²) in [6.07, 6.45) is 0. The molecule has 4 aromatic rings. The first kappa shape index (κ1) is 19.2. The molecule has 1 amide bonds. The highest BCUT2D eigenvalue weighted by Gasteiger charge is 2.14. The van der Waals surface area contributed by atoms with Gasteiger partial charge in [0.15, 0.2) is 0 Å². The Hall–Kier alpha value is -3.09. The van der Waals surface area contributed by atoms with Gasteiger partial charge in [0.1, 0.15) is 16.8 Å². The molecule has 0 saturated carbocycles. The number of fused-ring (bicyclic) bond motifs is 1. The van der Waals surface area contributed by atoms with Crippen LogP contribution in [0.4, 0.5) is 5.69 Å². The molecular weight excluding hydrogens is 411 g/mol. The molecule has 3 aromatic carbocycles. The number of ether oxygens (including phenoxy) is 1. The summed E-state index contributed by atoms with van der Waals surface area (Å²) in [4.78, 5) is 14.2. The summed E-state index contributed by atoms with van der Waals surface area (Å²) in [5.74, 6) is 0.411. The predicted octanol–water partition coefficient (Wildman–Crippen LogP) is 5.30. The minimum Gasteiger partial charge on any atom is -0.497 e. The van der Waals surface area contributed by atoms with Crippen LogP contribution in [0.5, 0.6) is 5.75 Å². The van der Waals surface area contributed by atoms with Crippen LogP contribution in [0.1, 0.15) is 15.9 Å². The zero-order valence-corrected chi connectivity index (χ0v) is 17.1. The molecule has 0 saturated heterocycles. The number of carbonyl (C=O) groups excluding carboxylic acids is 1. The van der Waals surface area contributed by atoms with Crippen molar-refractivity contribution in [3.05, 3.63) is 75.8 Å². The van der Waals surface area contributed by atoms with Gasteiger partial charge in [0.05, 0.1) is 23.4 Å². The molecule has 0 aliphatic rings. The van der Waals surface area contributed by atoms with Gasteiger partial charge in [-0.05, 0) is 67.1 Å². The summed E-state index contributed by atoms with van der Waals surface area (Å²) < 4.78 is 5.18. The summed E-state index contributed by atoms with van der Waals surface area (Å²) in [7, 11) is 1.62. The number of aromatic nitrogens is 3. The van der Waals surface area contributed by atoms with E-state index in [4.69, 9.17) is 27.9 Å². The van der Waals surface area contributed by atoms with Gasteiger partial charge in [-0.2, -0.15) is 4.80 Å². The molecule has 0 spiro atoms. The number of rotatable bonds is 4. The molecule has 4 rings (SSSR count). The van der Waals surface area contributed by atoms with Crippen LogP contribution >= 0.6 is 23.2 Å². The molecule has 1 N–H and O–H groups in total. The van der Waals surface area contributed by atoms with Gasteiger partial charge < -0.3 is 10.1 Å². The number of benzene rings is 3. The highest BCUT2D eigenvalue weighted by atomic mass is 35.5. The second-order valence-corrected chi connectivity index (χ2v) is 7.27. The van der Waals surface area contributed by atoms with Crippen molar-refractivity contribution in [2.24, 2.45) is 0 Å². The molecule has 0 atom stereocenters. The van der Waals surface area contributed by atoms with E-state index in [1.807, 2.05) is 37.3 Å². The van der Waals surface area contributed by atoms with E-state index < -0.39 is 0 Å². The molecule has 29 heavy (non-hydrogen) atoms. The second kappa shape index (κ2) is 7.73. The average Bonchev–Trinajstić information content (AvgIpc) is 3.12. The van der Waals surface area contributed by atoms with E-state index in [9.17, 15) is 4.79 Å². The van der Waals surface area contributed by atoms with Crippen molar-refractivity contribution in [1.29, 1.82) is 0 Å². The zero-order valence-electron chi connectivity index (χ0n) is 15.6. The van der Waals surface area contributed by atoms with Crippen LogP contribution in [0.2, 0.25) is 10.0 Å². The standard InChI is InChI=1S/C21H16Cl2N4O2/c1-12-9-19-20(26-27(25-19)14-4-6-15(29-2)7-5-14)11-18(12)24-21(28)16-10-13(22)3-8-17(16)23/h3-11H,1-2H3,(H,24,28). The fourth-order valence-corrected chi connectivity index (χ4v) is 3.27. The van der Waals surface area contributed by atoms with Gasteiger partial charge in [-0.25, -0.2) is 0 Å². The topological polar surface area (TPSA) is 69.0 Å². The molecule has 8 heteroatoms. The predicted molar refractivity (Wildman–Crippen MR) is 115 cm³/mol. The minimum atomic E-state index is -0.345. The summed E-state index contributed by atoms with van der Waals surface area (Å²) in [6, 6.07) is 15.8. The third kappa shape index (κ3) is 3.90. The maximum atomic E-state index is 12.7. The molecule has 0 bridgehead atoms. The van der Waals surface area contributed by atoms with Crippen molar-refractivity contribution in [1.82, 2.24) is 15.0 Å². The number of nitrogens with one attached hydrogen (secondary N) is 1. The monoisotopic (exact) mass is 426 g/mol. The number of carbonyl (C=O) groups is 1. The fourth-order valence-electron chi connectivity index (χ4n) is 2.89. The number of amides is 1. The lowest BCUT2D eigenvalue weighted by Crippen LogP contribution is -2.13. The van der Waals surface area contributed by atoms with Gasteiger partial charge >= 0.3 is 0 Å². The van der Waals surface area contributed by atoms with E-state index in [-0.39, 0.29) is 5.91 Å². The molecule has 1 heterocycles. The molecule has 0 unspecified atom stereocenters. The van der Waals surface area contributed by atoms with Crippen LogP contribution in [0.3, 0.4) is 0 Å². The molecule has 0 aliphatic carbocycles. The Morgan fingerprint density at radius 1 is 1.00 bits per heavy atom. The highest BCUT2D eigenvalue weighted by molar-refractivity contribution is 6.36. The van der Waals surface area contributed by atoms with Gasteiger partial charge in [-0.15, -0.1) is 10.2 Å². The zero-order chi connectivity index (χ0) is 20.5. The van der Waals surface area contributed by atoms with Crippen molar-refractivity contribution in [2.45, 2.75) is 6.92 Å². The summed E-state index contributed by atoms with van der Waals surface area (Å²) in [5.41, 5.74) is 3.96. The van der Waals surface area contributed by atoms with Crippen molar-refractivity contribution >= 4 is 45.8 Å². The van der Waals surface area contributed by atoms with Crippen molar-refractivity contribution < 1.29 is 9.53 Å². The minimum absolute atomic E-state index is 0.306. The summed E-state index contributed by atoms with van der Waals surface area (Å²) in [6.45, 7) is 1.89. The van der Waals surface area contributed by atoms with Crippen LogP contribution < -0.4 is 10.1 Å². The second-order valence-electron chi connectivity index (χ2n) is 6.42. The largest absolute Gasteiger partial charge is 0.497 e. The van der Waals surface area contributed by atoms with Gasteiger partial charge in [-0.1, -0.05) is 23.2 Å². The number of halogens is 2. The molecule has 0 radical (unpaired) electrons. The lowest BCUT2D eigenvalue weighted by molar-refractivity contribution is 0.102. The fraction of sp³-hybridized carbons (Fsp3) is 0.0952.